The van der Waals surface area contributed by atoms with E-state index >= 15 is 0 Å². The van der Waals surface area contributed by atoms with E-state index in [0.29, 0.717) is 45.8 Å². The van der Waals surface area contributed by atoms with E-state index in [1.165, 1.54) is 16.2 Å². The maximum Gasteiger partial charge on any atom is 0.267 e. The van der Waals surface area contributed by atoms with Gasteiger partial charge in [-0.25, -0.2) is 4.98 Å². The summed E-state index contributed by atoms with van der Waals surface area (Å²) in [6.07, 6.45) is 4.93. The van der Waals surface area contributed by atoms with Crippen LogP contribution in [-0.4, -0.2) is 75.3 Å². The minimum absolute atomic E-state index is 0.179. The fraction of sp³-hybridized carbons (Fsp3) is 0.333. The van der Waals surface area contributed by atoms with Crippen LogP contribution in [0.4, 0.5) is 5.82 Å². The van der Waals surface area contributed by atoms with Crippen LogP contribution in [-0.2, 0) is 16.0 Å². The minimum atomic E-state index is -0.226. The second-order valence-electron chi connectivity index (χ2n) is 8.91. The number of amides is 1. The van der Waals surface area contributed by atoms with Crippen molar-refractivity contribution in [3.8, 4) is 0 Å². The lowest BCUT2D eigenvalue weighted by atomic mass is 10.1. The van der Waals surface area contributed by atoms with Gasteiger partial charge in [0.25, 0.3) is 11.5 Å². The van der Waals surface area contributed by atoms with Gasteiger partial charge < -0.3 is 10.1 Å². The van der Waals surface area contributed by atoms with Crippen LogP contribution in [0.5, 0.6) is 0 Å². The number of pyridine rings is 1. The van der Waals surface area contributed by atoms with E-state index in [0.717, 1.165) is 44.8 Å². The highest BCUT2D eigenvalue weighted by molar-refractivity contribution is 8.26. The summed E-state index contributed by atoms with van der Waals surface area (Å²) in [5, 5.41) is 3.35. The number of carbonyl (C=O) groups excluding carboxylic acids is 1. The molecule has 8 nitrogen and oxygen atoms in total. The number of hydrogen-bond donors (Lipinski definition) is 1. The van der Waals surface area contributed by atoms with Crippen LogP contribution in [0.2, 0.25) is 0 Å². The lowest BCUT2D eigenvalue weighted by molar-refractivity contribution is -0.122. The van der Waals surface area contributed by atoms with Gasteiger partial charge in [0, 0.05) is 32.4 Å². The van der Waals surface area contributed by atoms with Crippen LogP contribution in [0.15, 0.2) is 64.4 Å². The monoisotopic (exact) mass is 535 g/mol. The van der Waals surface area contributed by atoms with Gasteiger partial charge in [-0.05, 0) is 43.2 Å². The lowest BCUT2D eigenvalue weighted by Crippen LogP contribution is -2.37. The van der Waals surface area contributed by atoms with Gasteiger partial charge in [0.1, 0.15) is 15.8 Å². The maximum atomic E-state index is 13.4. The second kappa shape index (κ2) is 12.0. The molecule has 0 radical (unpaired) electrons. The number of aromatic nitrogens is 2. The van der Waals surface area contributed by atoms with Crippen LogP contribution in [0, 0.1) is 0 Å². The minimum Gasteiger partial charge on any atom is -0.379 e. The number of nitrogens with zero attached hydrogens (tertiary/aromatic N) is 4. The average Bonchev–Trinajstić information content (AvgIpc) is 3.20. The van der Waals surface area contributed by atoms with Gasteiger partial charge in [0.05, 0.1) is 23.7 Å². The summed E-state index contributed by atoms with van der Waals surface area (Å²) in [5.41, 5.74) is 1.83. The molecule has 0 aliphatic carbocycles. The van der Waals surface area contributed by atoms with Gasteiger partial charge in [-0.15, -0.1) is 0 Å². The van der Waals surface area contributed by atoms with E-state index in [-0.39, 0.29) is 11.5 Å². The van der Waals surface area contributed by atoms with Gasteiger partial charge in [-0.3, -0.25) is 23.8 Å². The van der Waals surface area contributed by atoms with Crippen molar-refractivity contribution in [3.63, 3.8) is 0 Å². The molecule has 2 fully saturated rings. The Balaban J connectivity index is 1.35. The summed E-state index contributed by atoms with van der Waals surface area (Å²) in [7, 11) is 0. The number of rotatable bonds is 9. The zero-order chi connectivity index (χ0) is 25.6. The van der Waals surface area contributed by atoms with E-state index in [4.69, 9.17) is 21.9 Å². The van der Waals surface area contributed by atoms with Crippen LogP contribution in [0.25, 0.3) is 11.7 Å². The third-order valence-electron chi connectivity index (χ3n) is 6.43. The number of nitrogens with one attached hydrogen (secondary N) is 1. The summed E-state index contributed by atoms with van der Waals surface area (Å²) in [5.74, 6) is 0.300. The largest absolute Gasteiger partial charge is 0.379 e. The third kappa shape index (κ3) is 6.10. The summed E-state index contributed by atoms with van der Waals surface area (Å²) in [6.45, 7) is 5.51. The van der Waals surface area contributed by atoms with E-state index in [1.54, 1.807) is 29.3 Å². The highest BCUT2D eigenvalue weighted by atomic mass is 32.2. The second-order valence-corrected chi connectivity index (χ2v) is 10.6. The van der Waals surface area contributed by atoms with Crippen molar-refractivity contribution < 1.29 is 9.53 Å². The highest BCUT2D eigenvalue weighted by Crippen LogP contribution is 2.33. The molecule has 5 rings (SSSR count). The number of benzene rings is 1. The van der Waals surface area contributed by atoms with Crippen LogP contribution in [0.1, 0.15) is 17.5 Å². The van der Waals surface area contributed by atoms with Gasteiger partial charge in [0.2, 0.25) is 0 Å². The molecule has 1 N–H and O–H groups in total. The first-order valence-electron chi connectivity index (χ1n) is 12.4. The molecular formula is C27H29N5O3S2. The molecule has 10 heteroatoms. The first-order chi connectivity index (χ1) is 18.1. The molecule has 0 bridgehead atoms. The molecule has 1 amide bonds. The van der Waals surface area contributed by atoms with Gasteiger partial charge in [0.15, 0.2) is 0 Å². The Morgan fingerprint density at radius 2 is 1.84 bits per heavy atom. The molecule has 0 saturated carbocycles. The summed E-state index contributed by atoms with van der Waals surface area (Å²) in [4.78, 5) is 35.8. The molecule has 0 unspecified atom stereocenters. The Morgan fingerprint density at radius 1 is 1.05 bits per heavy atom. The predicted octanol–water partition coefficient (Wildman–Crippen LogP) is 3.27. The number of anilines is 1. The van der Waals surface area contributed by atoms with Crippen molar-refractivity contribution in [1.29, 1.82) is 0 Å². The van der Waals surface area contributed by atoms with Gasteiger partial charge >= 0.3 is 0 Å². The van der Waals surface area contributed by atoms with Crippen molar-refractivity contribution in [1.82, 2.24) is 19.2 Å². The molecule has 37 heavy (non-hydrogen) atoms. The number of thioether (sulfide) groups is 1. The molecule has 1 aromatic carbocycles. The number of carbonyl (C=O) groups is 1. The van der Waals surface area contributed by atoms with E-state index in [1.807, 2.05) is 36.4 Å². The Hall–Kier alpha value is -3.05. The fourth-order valence-electron chi connectivity index (χ4n) is 4.41. The standard InChI is InChI=1S/C27H29N5O3S2/c33-25-21(19-22-26(34)32(27(36)37-22)14-10-20-7-2-1-3-8-20)24(29-23-9-4-5-13-31(23)25)28-11-6-12-30-15-17-35-18-16-30/h1-5,7-9,13,19,28H,6,10-12,14-18H2/b22-19-. The SMILES string of the molecule is O=C1/C(=C/c2c(NCCCN3CCOCC3)nc3ccccn3c2=O)SC(=S)N1CCc1ccccc1. The summed E-state index contributed by atoms with van der Waals surface area (Å²) in [6, 6.07) is 15.4. The molecule has 0 atom stereocenters. The Morgan fingerprint density at radius 3 is 2.65 bits per heavy atom. The van der Waals surface area contributed by atoms with E-state index in [2.05, 4.69) is 10.2 Å². The zero-order valence-corrected chi connectivity index (χ0v) is 22.1. The van der Waals surface area contributed by atoms with Gasteiger partial charge in [-0.1, -0.05) is 60.4 Å². The first-order valence-corrected chi connectivity index (χ1v) is 13.7. The third-order valence-corrected chi connectivity index (χ3v) is 7.81. The van der Waals surface area contributed by atoms with Crippen molar-refractivity contribution in [2.45, 2.75) is 12.8 Å². The molecule has 2 aliphatic heterocycles. The Bertz CT molecular complexity index is 1370. The van der Waals surface area contributed by atoms with Crippen LogP contribution in [0.3, 0.4) is 0 Å². The number of fused-ring (bicyclic) bond motifs is 1. The molecule has 0 spiro atoms. The quantitative estimate of drug-likeness (QED) is 0.254. The molecule has 2 saturated heterocycles. The molecule has 4 heterocycles. The summed E-state index contributed by atoms with van der Waals surface area (Å²) < 4.78 is 7.42. The first kappa shape index (κ1) is 25.6. The average molecular weight is 536 g/mol. The van der Waals surface area contributed by atoms with Crippen LogP contribution >= 0.6 is 24.0 Å². The topological polar surface area (TPSA) is 79.2 Å². The predicted molar refractivity (Wildman–Crippen MR) is 152 cm³/mol. The van der Waals surface area contributed by atoms with E-state index < -0.39 is 0 Å². The normalized spacial score (nSPS) is 17.7. The molecule has 3 aromatic rings. The number of morpholine rings is 1. The molecular weight excluding hydrogens is 506 g/mol. The highest BCUT2D eigenvalue weighted by Gasteiger charge is 2.32. The van der Waals surface area contributed by atoms with Gasteiger partial charge in [-0.2, -0.15) is 0 Å². The van der Waals surface area contributed by atoms with Crippen molar-refractivity contribution in [2.24, 2.45) is 0 Å². The van der Waals surface area contributed by atoms with Crippen LogP contribution < -0.4 is 10.9 Å². The van der Waals surface area contributed by atoms with Crippen molar-refractivity contribution >= 4 is 51.7 Å². The summed E-state index contributed by atoms with van der Waals surface area (Å²) >= 11 is 6.74. The Kier molecular flexibility index (Phi) is 8.30. The fourth-order valence-corrected chi connectivity index (χ4v) is 5.70. The van der Waals surface area contributed by atoms with Crippen molar-refractivity contribution in [3.05, 3.63) is 81.1 Å². The number of hydrogen-bond acceptors (Lipinski definition) is 8. The van der Waals surface area contributed by atoms with E-state index in [9.17, 15) is 9.59 Å². The molecule has 192 valence electrons. The smallest absolute Gasteiger partial charge is 0.267 e. The lowest BCUT2D eigenvalue weighted by Gasteiger charge is -2.26. The maximum absolute atomic E-state index is 13.4. The Labute approximate surface area is 225 Å². The zero-order valence-electron chi connectivity index (χ0n) is 20.5. The molecule has 2 aromatic heterocycles. The van der Waals surface area contributed by atoms with Crippen molar-refractivity contribution in [2.75, 3.05) is 51.3 Å². The number of thiocarbonyl (C=S) groups is 1. The number of ether oxygens (including phenoxy) is 1. The molecule has 2 aliphatic rings.